The predicted octanol–water partition coefficient (Wildman–Crippen LogP) is 2.36. The van der Waals surface area contributed by atoms with E-state index in [-0.39, 0.29) is 30.7 Å². The van der Waals surface area contributed by atoms with Crippen LogP contribution in [0.2, 0.25) is 0 Å². The van der Waals surface area contributed by atoms with Crippen molar-refractivity contribution in [3.63, 3.8) is 0 Å². The minimum atomic E-state index is -4.38. The number of hydrogen-bond donors (Lipinski definition) is 2. The van der Waals surface area contributed by atoms with Crippen LogP contribution in [-0.2, 0) is 11.0 Å². The summed E-state index contributed by atoms with van der Waals surface area (Å²) in [4.78, 5) is 11.4. The number of nitrogens with one attached hydrogen (secondary N) is 1. The van der Waals surface area contributed by atoms with Crippen LogP contribution in [0.4, 0.5) is 13.2 Å². The van der Waals surface area contributed by atoms with Crippen LogP contribution in [0.1, 0.15) is 18.4 Å². The van der Waals surface area contributed by atoms with Crippen LogP contribution in [0, 0.1) is 0 Å². The predicted molar refractivity (Wildman–Crippen MR) is 75.5 cm³/mol. The number of benzene rings is 1. The Labute approximate surface area is 127 Å². The van der Waals surface area contributed by atoms with Crippen LogP contribution >= 0.6 is 12.4 Å². The van der Waals surface area contributed by atoms with Crippen molar-refractivity contribution in [1.82, 2.24) is 5.32 Å². The van der Waals surface area contributed by atoms with E-state index in [0.29, 0.717) is 13.1 Å². The number of carbonyl (C=O) groups is 1. The number of alkyl halides is 3. The summed E-state index contributed by atoms with van der Waals surface area (Å²) in [5.74, 6) is -0.1000. The fourth-order valence-corrected chi connectivity index (χ4v) is 1.44. The molecule has 0 saturated carbocycles. The van der Waals surface area contributed by atoms with Gasteiger partial charge in [-0.15, -0.1) is 12.4 Å². The smallest absolute Gasteiger partial charge is 0.416 e. The Kier molecular flexibility index (Phi) is 8.80. The van der Waals surface area contributed by atoms with Gasteiger partial charge in [-0.2, -0.15) is 13.2 Å². The summed E-state index contributed by atoms with van der Waals surface area (Å²) in [5.41, 5.74) is 4.55. The maximum Gasteiger partial charge on any atom is 0.416 e. The monoisotopic (exact) mass is 326 g/mol. The molecule has 0 spiro atoms. The third kappa shape index (κ3) is 7.77. The van der Waals surface area contributed by atoms with Gasteiger partial charge in [0.15, 0.2) is 6.61 Å². The zero-order valence-corrected chi connectivity index (χ0v) is 12.1. The van der Waals surface area contributed by atoms with Gasteiger partial charge in [0.2, 0.25) is 0 Å². The standard InChI is InChI=1S/C13H17F3N2O2.ClH/c14-13(15,16)10-3-5-11(6-4-10)20-9-12(19)18-8-2-1-7-17;/h3-6H,1-2,7-9,17H2,(H,18,19);1H. The van der Waals surface area contributed by atoms with Crippen LogP contribution in [0.3, 0.4) is 0 Å². The molecule has 1 rings (SSSR count). The maximum atomic E-state index is 12.3. The molecule has 8 heteroatoms. The van der Waals surface area contributed by atoms with Crippen molar-refractivity contribution < 1.29 is 22.7 Å². The van der Waals surface area contributed by atoms with Gasteiger partial charge in [-0.1, -0.05) is 0 Å². The van der Waals surface area contributed by atoms with E-state index in [2.05, 4.69) is 5.32 Å². The lowest BCUT2D eigenvalue weighted by Gasteiger charge is -2.09. The number of nitrogens with two attached hydrogens (primary N) is 1. The van der Waals surface area contributed by atoms with Crippen LogP contribution in [-0.4, -0.2) is 25.6 Å². The van der Waals surface area contributed by atoms with Crippen LogP contribution < -0.4 is 15.8 Å². The molecule has 0 radical (unpaired) electrons. The number of halogens is 4. The first-order valence-corrected chi connectivity index (χ1v) is 6.20. The lowest BCUT2D eigenvalue weighted by atomic mass is 10.2. The number of ether oxygens (including phenoxy) is 1. The Balaban J connectivity index is 0.00000400. The minimum absolute atomic E-state index is 0. The Bertz CT molecular complexity index is 424. The van der Waals surface area contributed by atoms with Crippen molar-refractivity contribution in [3.8, 4) is 5.75 Å². The van der Waals surface area contributed by atoms with E-state index in [9.17, 15) is 18.0 Å². The van der Waals surface area contributed by atoms with E-state index in [1.165, 1.54) is 12.1 Å². The highest BCUT2D eigenvalue weighted by Crippen LogP contribution is 2.30. The normalized spacial score (nSPS) is 10.7. The van der Waals surface area contributed by atoms with Gasteiger partial charge < -0.3 is 15.8 Å². The van der Waals surface area contributed by atoms with Crippen molar-refractivity contribution in [3.05, 3.63) is 29.8 Å². The summed E-state index contributed by atoms with van der Waals surface area (Å²) in [6, 6.07) is 4.19. The van der Waals surface area contributed by atoms with Gasteiger partial charge in [0.25, 0.3) is 5.91 Å². The molecular formula is C13H18ClF3N2O2. The molecule has 0 atom stereocenters. The number of hydrogen-bond acceptors (Lipinski definition) is 3. The molecule has 1 amide bonds. The van der Waals surface area contributed by atoms with Crippen LogP contribution in [0.15, 0.2) is 24.3 Å². The molecule has 0 aliphatic carbocycles. The van der Waals surface area contributed by atoms with Crippen molar-refractivity contribution in [2.24, 2.45) is 5.73 Å². The summed E-state index contributed by atoms with van der Waals surface area (Å²) in [7, 11) is 0. The molecule has 21 heavy (non-hydrogen) atoms. The molecule has 1 aromatic rings. The van der Waals surface area contributed by atoms with E-state index >= 15 is 0 Å². The highest BCUT2D eigenvalue weighted by atomic mass is 35.5. The van der Waals surface area contributed by atoms with E-state index in [1.54, 1.807) is 0 Å². The average Bonchev–Trinajstić information content (AvgIpc) is 2.41. The third-order valence-corrected chi connectivity index (χ3v) is 2.50. The summed E-state index contributed by atoms with van der Waals surface area (Å²) >= 11 is 0. The van der Waals surface area contributed by atoms with Gasteiger partial charge in [-0.05, 0) is 43.7 Å². The zero-order valence-electron chi connectivity index (χ0n) is 11.3. The molecule has 4 nitrogen and oxygen atoms in total. The number of unbranched alkanes of at least 4 members (excludes halogenated alkanes) is 1. The maximum absolute atomic E-state index is 12.3. The topological polar surface area (TPSA) is 64.3 Å². The lowest BCUT2D eigenvalue weighted by molar-refractivity contribution is -0.137. The Morgan fingerprint density at radius 2 is 1.81 bits per heavy atom. The van der Waals surface area contributed by atoms with Gasteiger partial charge in [0.1, 0.15) is 5.75 Å². The van der Waals surface area contributed by atoms with Crippen molar-refractivity contribution in [2.45, 2.75) is 19.0 Å². The molecular weight excluding hydrogens is 309 g/mol. The molecule has 0 heterocycles. The number of carbonyl (C=O) groups excluding carboxylic acids is 1. The molecule has 0 aliphatic rings. The molecule has 0 fully saturated rings. The van der Waals surface area contributed by atoms with Gasteiger partial charge in [-0.25, -0.2) is 0 Å². The molecule has 0 unspecified atom stereocenters. The summed E-state index contributed by atoms with van der Waals surface area (Å²) in [6.45, 7) is 0.846. The second-order valence-electron chi connectivity index (χ2n) is 4.16. The minimum Gasteiger partial charge on any atom is -0.484 e. The summed E-state index contributed by atoms with van der Waals surface area (Å²) < 4.78 is 42.1. The number of amides is 1. The summed E-state index contributed by atoms with van der Waals surface area (Å²) in [6.07, 6.45) is -2.78. The van der Waals surface area contributed by atoms with Crippen LogP contribution in [0.5, 0.6) is 5.75 Å². The Hall–Kier alpha value is -1.47. The largest absolute Gasteiger partial charge is 0.484 e. The third-order valence-electron chi connectivity index (χ3n) is 2.50. The quantitative estimate of drug-likeness (QED) is 0.756. The van der Waals surface area contributed by atoms with Crippen molar-refractivity contribution in [2.75, 3.05) is 19.7 Å². The first-order valence-electron chi connectivity index (χ1n) is 6.20. The average molecular weight is 327 g/mol. The first kappa shape index (κ1) is 19.5. The molecule has 1 aromatic carbocycles. The zero-order chi connectivity index (χ0) is 15.0. The van der Waals surface area contributed by atoms with E-state index in [4.69, 9.17) is 10.5 Å². The molecule has 120 valence electrons. The highest BCUT2D eigenvalue weighted by molar-refractivity contribution is 5.85. The SMILES string of the molecule is Cl.NCCCCNC(=O)COc1ccc(C(F)(F)F)cc1. The second kappa shape index (κ2) is 9.46. The molecule has 0 saturated heterocycles. The number of rotatable bonds is 7. The van der Waals surface area contributed by atoms with E-state index in [1.807, 2.05) is 0 Å². The molecule has 0 aliphatic heterocycles. The molecule has 3 N–H and O–H groups in total. The van der Waals surface area contributed by atoms with E-state index < -0.39 is 11.7 Å². The summed E-state index contributed by atoms with van der Waals surface area (Å²) in [5, 5.41) is 2.62. The van der Waals surface area contributed by atoms with Crippen LogP contribution in [0.25, 0.3) is 0 Å². The van der Waals surface area contributed by atoms with Gasteiger partial charge in [-0.3, -0.25) is 4.79 Å². The Morgan fingerprint density at radius 1 is 1.19 bits per heavy atom. The second-order valence-corrected chi connectivity index (χ2v) is 4.16. The van der Waals surface area contributed by atoms with E-state index in [0.717, 1.165) is 25.0 Å². The Morgan fingerprint density at radius 3 is 2.33 bits per heavy atom. The molecule has 0 bridgehead atoms. The van der Waals surface area contributed by atoms with Gasteiger partial charge >= 0.3 is 6.18 Å². The fourth-order valence-electron chi connectivity index (χ4n) is 1.44. The highest BCUT2D eigenvalue weighted by Gasteiger charge is 2.29. The van der Waals surface area contributed by atoms with Gasteiger partial charge in [0.05, 0.1) is 5.56 Å². The lowest BCUT2D eigenvalue weighted by Crippen LogP contribution is -2.29. The molecule has 0 aromatic heterocycles. The first-order chi connectivity index (χ1) is 9.43. The van der Waals surface area contributed by atoms with Crippen molar-refractivity contribution in [1.29, 1.82) is 0 Å². The van der Waals surface area contributed by atoms with Gasteiger partial charge in [0, 0.05) is 6.54 Å². The fraction of sp³-hybridized carbons (Fsp3) is 0.462. The van der Waals surface area contributed by atoms with Crippen molar-refractivity contribution >= 4 is 18.3 Å².